The van der Waals surface area contributed by atoms with Gasteiger partial charge in [0.2, 0.25) is 0 Å². The maximum absolute atomic E-state index is 13.2. The van der Waals surface area contributed by atoms with Crippen molar-refractivity contribution in [1.29, 1.82) is 0 Å². The Hall–Kier alpha value is -0.670. The lowest BCUT2D eigenvalue weighted by Crippen LogP contribution is -2.36. The summed E-state index contributed by atoms with van der Waals surface area (Å²) >= 11 is 0. The van der Waals surface area contributed by atoms with E-state index in [1.807, 2.05) is 0 Å². The Bertz CT molecular complexity index is 212. The highest BCUT2D eigenvalue weighted by molar-refractivity contribution is 5.71. The summed E-state index contributed by atoms with van der Waals surface area (Å²) in [5, 5.41) is 8.73. The van der Waals surface area contributed by atoms with Crippen molar-refractivity contribution in [3.8, 4) is 0 Å². The van der Waals surface area contributed by atoms with E-state index in [1.54, 1.807) is 0 Å². The number of carbonyl (C=O) groups is 1. The molecule has 0 radical (unpaired) electrons. The molecule has 82 valence electrons. The number of carboxylic acid groups (broad SMARTS) is 1. The molecule has 0 spiro atoms. The molecule has 0 aromatic rings. The van der Waals surface area contributed by atoms with Crippen molar-refractivity contribution in [3.63, 3.8) is 0 Å². The second-order valence-corrected chi connectivity index (χ2v) is 4.04. The van der Waals surface area contributed by atoms with Crippen molar-refractivity contribution in [1.82, 2.24) is 0 Å². The molecule has 0 amide bonds. The Labute approximate surface area is 82.3 Å². The molecule has 2 nitrogen and oxygen atoms in total. The minimum absolute atomic E-state index is 0.135. The van der Waals surface area contributed by atoms with Crippen molar-refractivity contribution in [2.24, 2.45) is 11.8 Å². The van der Waals surface area contributed by atoms with Crippen molar-refractivity contribution in [2.75, 3.05) is 0 Å². The van der Waals surface area contributed by atoms with Crippen LogP contribution in [0.2, 0.25) is 0 Å². The summed E-state index contributed by atoms with van der Waals surface area (Å²) in [5.41, 5.74) is 0. The number of rotatable bonds is 5. The van der Waals surface area contributed by atoms with Crippen LogP contribution in [0, 0.1) is 11.8 Å². The number of carboxylic acids is 1. The van der Waals surface area contributed by atoms with Gasteiger partial charge in [0.25, 0.3) is 5.92 Å². The summed E-state index contributed by atoms with van der Waals surface area (Å²) in [6.45, 7) is 1.33. The molecule has 0 saturated heterocycles. The van der Waals surface area contributed by atoms with Gasteiger partial charge in [-0.2, -0.15) is 0 Å². The van der Waals surface area contributed by atoms with E-state index in [2.05, 4.69) is 0 Å². The quantitative estimate of drug-likeness (QED) is 0.750. The second-order valence-electron chi connectivity index (χ2n) is 4.04. The first-order valence-corrected chi connectivity index (χ1v) is 5.08. The van der Waals surface area contributed by atoms with Crippen LogP contribution in [0.1, 0.15) is 39.0 Å². The SMILES string of the molecule is CCC(F)(F)C(CC1CCC1)C(=O)O. The zero-order chi connectivity index (χ0) is 10.8. The molecule has 1 saturated carbocycles. The van der Waals surface area contributed by atoms with Crippen LogP contribution in [0.15, 0.2) is 0 Å². The van der Waals surface area contributed by atoms with Crippen LogP contribution in [0.25, 0.3) is 0 Å². The Kier molecular flexibility index (Phi) is 3.45. The van der Waals surface area contributed by atoms with Crippen LogP contribution in [0.4, 0.5) is 8.78 Å². The minimum atomic E-state index is -3.05. The van der Waals surface area contributed by atoms with Crippen molar-refractivity contribution in [3.05, 3.63) is 0 Å². The van der Waals surface area contributed by atoms with Gasteiger partial charge in [0.15, 0.2) is 0 Å². The average molecular weight is 206 g/mol. The van der Waals surface area contributed by atoms with Gasteiger partial charge in [-0.15, -0.1) is 0 Å². The van der Waals surface area contributed by atoms with E-state index in [-0.39, 0.29) is 12.3 Å². The first kappa shape index (κ1) is 11.4. The topological polar surface area (TPSA) is 37.3 Å². The van der Waals surface area contributed by atoms with Gasteiger partial charge in [0.05, 0.1) is 0 Å². The Morgan fingerprint density at radius 1 is 1.57 bits per heavy atom. The molecule has 0 aromatic heterocycles. The van der Waals surface area contributed by atoms with Crippen molar-refractivity contribution >= 4 is 5.97 Å². The summed E-state index contributed by atoms with van der Waals surface area (Å²) < 4.78 is 26.4. The molecule has 1 fully saturated rings. The van der Waals surface area contributed by atoms with E-state index >= 15 is 0 Å². The molecule has 1 atom stereocenters. The number of hydrogen-bond donors (Lipinski definition) is 1. The van der Waals surface area contributed by atoms with Gasteiger partial charge in [-0.3, -0.25) is 4.79 Å². The van der Waals surface area contributed by atoms with Gasteiger partial charge >= 0.3 is 5.97 Å². The van der Waals surface area contributed by atoms with Crippen LogP contribution >= 0.6 is 0 Å². The van der Waals surface area contributed by atoms with Crippen LogP contribution in [-0.4, -0.2) is 17.0 Å². The number of alkyl halides is 2. The van der Waals surface area contributed by atoms with Gasteiger partial charge in [0.1, 0.15) is 5.92 Å². The zero-order valence-corrected chi connectivity index (χ0v) is 8.30. The average Bonchev–Trinajstić information content (AvgIpc) is 2.00. The van der Waals surface area contributed by atoms with Gasteiger partial charge in [-0.05, 0) is 12.3 Å². The van der Waals surface area contributed by atoms with Crippen LogP contribution in [0.3, 0.4) is 0 Å². The van der Waals surface area contributed by atoms with E-state index in [1.165, 1.54) is 6.92 Å². The Balaban J connectivity index is 2.58. The second kappa shape index (κ2) is 4.24. The summed E-state index contributed by atoms with van der Waals surface area (Å²) in [6.07, 6.45) is 2.61. The highest BCUT2D eigenvalue weighted by atomic mass is 19.3. The molecule has 14 heavy (non-hydrogen) atoms. The van der Waals surface area contributed by atoms with E-state index in [0.717, 1.165) is 19.3 Å². The normalized spacial score (nSPS) is 20.2. The molecule has 1 rings (SSSR count). The number of hydrogen-bond acceptors (Lipinski definition) is 1. The van der Waals surface area contributed by atoms with Crippen molar-refractivity contribution < 1.29 is 18.7 Å². The van der Waals surface area contributed by atoms with E-state index in [0.29, 0.717) is 0 Å². The van der Waals surface area contributed by atoms with E-state index in [4.69, 9.17) is 5.11 Å². The molecule has 4 heteroatoms. The molecule has 0 bridgehead atoms. The molecule has 0 heterocycles. The summed E-state index contributed by atoms with van der Waals surface area (Å²) in [5.74, 6) is -5.70. The lowest BCUT2D eigenvalue weighted by molar-refractivity contribution is -0.160. The smallest absolute Gasteiger partial charge is 0.312 e. The first-order chi connectivity index (χ1) is 6.47. The van der Waals surface area contributed by atoms with Crippen LogP contribution in [-0.2, 0) is 4.79 Å². The fourth-order valence-electron chi connectivity index (χ4n) is 1.76. The highest BCUT2D eigenvalue weighted by Crippen LogP contribution is 2.39. The molecule has 1 aliphatic rings. The fourth-order valence-corrected chi connectivity index (χ4v) is 1.76. The van der Waals surface area contributed by atoms with Gasteiger partial charge in [0, 0.05) is 6.42 Å². The minimum Gasteiger partial charge on any atom is -0.481 e. The van der Waals surface area contributed by atoms with Gasteiger partial charge in [-0.25, -0.2) is 8.78 Å². The standard InChI is InChI=1S/C10H16F2O2/c1-2-10(11,12)8(9(13)14)6-7-4-3-5-7/h7-8H,2-6H2,1H3,(H,13,14). The number of aliphatic carboxylic acids is 1. The lowest BCUT2D eigenvalue weighted by Gasteiger charge is -2.31. The molecular formula is C10H16F2O2. The summed E-state index contributed by atoms with van der Waals surface area (Å²) in [6, 6.07) is 0. The summed E-state index contributed by atoms with van der Waals surface area (Å²) in [4.78, 5) is 10.7. The predicted molar refractivity (Wildman–Crippen MR) is 48.3 cm³/mol. The summed E-state index contributed by atoms with van der Waals surface area (Å²) in [7, 11) is 0. The predicted octanol–water partition coefficient (Wildman–Crippen LogP) is 2.92. The Morgan fingerprint density at radius 3 is 2.43 bits per heavy atom. The third-order valence-corrected chi connectivity index (χ3v) is 3.07. The lowest BCUT2D eigenvalue weighted by atomic mass is 9.77. The third-order valence-electron chi connectivity index (χ3n) is 3.07. The van der Waals surface area contributed by atoms with E-state index < -0.39 is 24.2 Å². The zero-order valence-electron chi connectivity index (χ0n) is 8.30. The highest BCUT2D eigenvalue weighted by Gasteiger charge is 2.44. The first-order valence-electron chi connectivity index (χ1n) is 5.08. The molecule has 1 N–H and O–H groups in total. The maximum atomic E-state index is 13.2. The third kappa shape index (κ3) is 2.42. The fraction of sp³-hybridized carbons (Fsp3) is 0.900. The molecule has 1 aliphatic carbocycles. The molecular weight excluding hydrogens is 190 g/mol. The largest absolute Gasteiger partial charge is 0.481 e. The number of halogens is 2. The van der Waals surface area contributed by atoms with Gasteiger partial charge < -0.3 is 5.11 Å². The van der Waals surface area contributed by atoms with E-state index in [9.17, 15) is 13.6 Å². The molecule has 0 aromatic carbocycles. The van der Waals surface area contributed by atoms with Crippen LogP contribution in [0.5, 0.6) is 0 Å². The Morgan fingerprint density at radius 2 is 2.14 bits per heavy atom. The van der Waals surface area contributed by atoms with Crippen molar-refractivity contribution in [2.45, 2.75) is 45.0 Å². The molecule has 1 unspecified atom stereocenters. The molecule has 0 aliphatic heterocycles. The van der Waals surface area contributed by atoms with Gasteiger partial charge in [-0.1, -0.05) is 26.2 Å². The monoisotopic (exact) mass is 206 g/mol. The maximum Gasteiger partial charge on any atom is 0.312 e. The van der Waals surface area contributed by atoms with Crippen LogP contribution < -0.4 is 0 Å².